The molecule has 0 aromatic heterocycles. The van der Waals surface area contributed by atoms with Gasteiger partial charge in [0.05, 0.1) is 0 Å². The fourth-order valence-electron chi connectivity index (χ4n) is 3.46. The van der Waals surface area contributed by atoms with E-state index in [1.54, 1.807) is 0 Å². The molecule has 3 unspecified atom stereocenters. The minimum atomic E-state index is -1.81. The summed E-state index contributed by atoms with van der Waals surface area (Å²) < 4.78 is 16.8. The van der Waals surface area contributed by atoms with Crippen LogP contribution in [0.3, 0.4) is 0 Å². The molecule has 2 aliphatic rings. The lowest BCUT2D eigenvalue weighted by Gasteiger charge is -2.22. The van der Waals surface area contributed by atoms with Crippen molar-refractivity contribution >= 4 is 9.53 Å². The van der Waals surface area contributed by atoms with Crippen LogP contribution in [0.5, 0.6) is 0 Å². The molecule has 17 heavy (non-hydrogen) atoms. The standard InChI is InChI=1S/C13H26O3Si/c1-3-14-17(15-4-2)16-8-7-13-10-11-5-6-12(13)9-11/h11-13,17H,3-10H2,1-2H3. The Hall–Kier alpha value is 0.0969. The zero-order chi connectivity index (χ0) is 12.1. The highest BCUT2D eigenvalue weighted by atomic mass is 28.3. The van der Waals surface area contributed by atoms with E-state index < -0.39 is 9.53 Å². The first-order chi connectivity index (χ1) is 8.33. The van der Waals surface area contributed by atoms with Crippen LogP contribution in [-0.4, -0.2) is 29.3 Å². The van der Waals surface area contributed by atoms with E-state index >= 15 is 0 Å². The van der Waals surface area contributed by atoms with Crippen LogP contribution in [0.1, 0.15) is 46.0 Å². The molecule has 2 aliphatic carbocycles. The molecule has 0 aromatic carbocycles. The van der Waals surface area contributed by atoms with Crippen molar-refractivity contribution in [1.82, 2.24) is 0 Å². The minimum absolute atomic E-state index is 0.699. The third kappa shape index (κ3) is 3.78. The van der Waals surface area contributed by atoms with Gasteiger partial charge in [-0.2, -0.15) is 0 Å². The highest BCUT2D eigenvalue weighted by Crippen LogP contribution is 2.49. The SMILES string of the molecule is CCO[SiH](OCC)OCCC1CC2CCC1C2. The lowest BCUT2D eigenvalue weighted by Crippen LogP contribution is -2.28. The zero-order valence-electron chi connectivity index (χ0n) is 11.2. The van der Waals surface area contributed by atoms with Gasteiger partial charge in [-0.25, -0.2) is 0 Å². The molecule has 0 saturated heterocycles. The number of hydrogen-bond donors (Lipinski definition) is 0. The molecule has 0 N–H and O–H groups in total. The quantitative estimate of drug-likeness (QED) is 0.626. The van der Waals surface area contributed by atoms with Crippen molar-refractivity contribution in [3.63, 3.8) is 0 Å². The van der Waals surface area contributed by atoms with Gasteiger partial charge >= 0.3 is 9.53 Å². The molecule has 3 atom stereocenters. The first-order valence-corrected chi connectivity index (χ1v) is 8.59. The van der Waals surface area contributed by atoms with Gasteiger partial charge < -0.3 is 13.3 Å². The molecule has 0 heterocycles. The van der Waals surface area contributed by atoms with Gasteiger partial charge in [0, 0.05) is 19.8 Å². The predicted octanol–water partition coefficient (Wildman–Crippen LogP) is 2.62. The van der Waals surface area contributed by atoms with Crippen LogP contribution in [0.4, 0.5) is 0 Å². The third-order valence-electron chi connectivity index (χ3n) is 4.23. The lowest BCUT2D eigenvalue weighted by atomic mass is 9.87. The van der Waals surface area contributed by atoms with Gasteiger partial charge in [0.25, 0.3) is 0 Å². The highest BCUT2D eigenvalue weighted by molar-refractivity contribution is 6.36. The van der Waals surface area contributed by atoms with Gasteiger partial charge in [-0.05, 0) is 57.3 Å². The molecule has 0 spiro atoms. The summed E-state index contributed by atoms with van der Waals surface area (Å²) in [6.45, 7) is 6.23. The van der Waals surface area contributed by atoms with Crippen molar-refractivity contribution in [2.24, 2.45) is 17.8 Å². The van der Waals surface area contributed by atoms with Crippen LogP contribution in [-0.2, 0) is 13.3 Å². The summed E-state index contributed by atoms with van der Waals surface area (Å²) in [5.41, 5.74) is 0. The number of hydrogen-bond acceptors (Lipinski definition) is 3. The van der Waals surface area contributed by atoms with Gasteiger partial charge in [0.15, 0.2) is 0 Å². The Morgan fingerprint density at radius 3 is 2.29 bits per heavy atom. The monoisotopic (exact) mass is 258 g/mol. The minimum Gasteiger partial charge on any atom is -0.376 e. The topological polar surface area (TPSA) is 27.7 Å². The highest BCUT2D eigenvalue weighted by Gasteiger charge is 2.38. The second-order valence-electron chi connectivity index (χ2n) is 5.29. The molecule has 0 aromatic rings. The fraction of sp³-hybridized carbons (Fsp3) is 1.00. The molecule has 100 valence electrons. The van der Waals surface area contributed by atoms with Crippen molar-refractivity contribution in [3.05, 3.63) is 0 Å². The summed E-state index contributed by atoms with van der Waals surface area (Å²) in [6.07, 6.45) is 7.10. The Balaban J connectivity index is 1.61. The molecule has 2 rings (SSSR count). The van der Waals surface area contributed by atoms with Crippen LogP contribution in [0, 0.1) is 17.8 Å². The van der Waals surface area contributed by atoms with E-state index in [4.69, 9.17) is 13.3 Å². The van der Waals surface area contributed by atoms with E-state index in [-0.39, 0.29) is 0 Å². The van der Waals surface area contributed by atoms with E-state index in [1.807, 2.05) is 13.8 Å². The van der Waals surface area contributed by atoms with Crippen molar-refractivity contribution < 1.29 is 13.3 Å². The maximum atomic E-state index is 5.79. The zero-order valence-corrected chi connectivity index (χ0v) is 12.3. The Morgan fingerprint density at radius 1 is 1.00 bits per heavy atom. The fourth-order valence-corrected chi connectivity index (χ4v) is 4.62. The molecular formula is C13H26O3Si. The van der Waals surface area contributed by atoms with Crippen molar-refractivity contribution in [2.75, 3.05) is 19.8 Å². The summed E-state index contributed by atoms with van der Waals surface area (Å²) in [6, 6.07) is 0. The molecule has 0 aliphatic heterocycles. The Bertz CT molecular complexity index is 219. The summed E-state index contributed by atoms with van der Waals surface area (Å²) in [4.78, 5) is 0. The lowest BCUT2D eigenvalue weighted by molar-refractivity contribution is 0.0930. The van der Waals surface area contributed by atoms with Crippen molar-refractivity contribution in [3.8, 4) is 0 Å². The Morgan fingerprint density at radius 2 is 1.76 bits per heavy atom. The average molecular weight is 258 g/mol. The smallest absolute Gasteiger partial charge is 0.376 e. The van der Waals surface area contributed by atoms with Crippen LogP contribution in [0.15, 0.2) is 0 Å². The maximum Gasteiger partial charge on any atom is 0.484 e. The second kappa shape index (κ2) is 6.88. The molecule has 2 bridgehead atoms. The third-order valence-corrected chi connectivity index (χ3v) is 5.95. The Labute approximate surface area is 107 Å². The van der Waals surface area contributed by atoms with E-state index in [0.717, 1.165) is 24.4 Å². The summed E-state index contributed by atoms with van der Waals surface area (Å²) in [5.74, 6) is 2.96. The molecule has 2 saturated carbocycles. The summed E-state index contributed by atoms with van der Waals surface area (Å²) >= 11 is 0. The van der Waals surface area contributed by atoms with Crippen LogP contribution in [0.25, 0.3) is 0 Å². The van der Waals surface area contributed by atoms with Crippen LogP contribution >= 0.6 is 0 Å². The van der Waals surface area contributed by atoms with Gasteiger partial charge in [0.1, 0.15) is 0 Å². The van der Waals surface area contributed by atoms with Crippen molar-refractivity contribution in [1.29, 1.82) is 0 Å². The molecule has 2 fully saturated rings. The van der Waals surface area contributed by atoms with E-state index in [0.29, 0.717) is 13.2 Å². The molecular weight excluding hydrogens is 232 g/mol. The molecule has 4 heteroatoms. The van der Waals surface area contributed by atoms with E-state index in [1.165, 1.54) is 32.1 Å². The first-order valence-electron chi connectivity index (χ1n) is 7.18. The van der Waals surface area contributed by atoms with E-state index in [2.05, 4.69) is 0 Å². The normalized spacial score (nSPS) is 31.6. The second-order valence-corrected chi connectivity index (χ2v) is 6.87. The largest absolute Gasteiger partial charge is 0.484 e. The summed E-state index contributed by atoms with van der Waals surface area (Å²) in [7, 11) is -1.81. The summed E-state index contributed by atoms with van der Waals surface area (Å²) in [5, 5.41) is 0. The van der Waals surface area contributed by atoms with Gasteiger partial charge in [-0.1, -0.05) is 6.42 Å². The average Bonchev–Trinajstić information content (AvgIpc) is 2.91. The maximum absolute atomic E-state index is 5.79. The number of rotatable bonds is 8. The molecule has 3 nitrogen and oxygen atoms in total. The van der Waals surface area contributed by atoms with Crippen molar-refractivity contribution in [2.45, 2.75) is 46.0 Å². The molecule has 0 amide bonds. The van der Waals surface area contributed by atoms with Gasteiger partial charge in [0.2, 0.25) is 0 Å². The first kappa shape index (κ1) is 13.5. The Kier molecular flexibility index (Phi) is 5.47. The van der Waals surface area contributed by atoms with Crippen LogP contribution < -0.4 is 0 Å². The predicted molar refractivity (Wildman–Crippen MR) is 69.9 cm³/mol. The molecule has 0 radical (unpaired) electrons. The van der Waals surface area contributed by atoms with Gasteiger partial charge in [-0.3, -0.25) is 0 Å². The number of fused-ring (bicyclic) bond motifs is 2. The van der Waals surface area contributed by atoms with Gasteiger partial charge in [-0.15, -0.1) is 0 Å². The van der Waals surface area contributed by atoms with E-state index in [9.17, 15) is 0 Å². The van der Waals surface area contributed by atoms with Crippen LogP contribution in [0.2, 0.25) is 0 Å².